The predicted octanol–water partition coefficient (Wildman–Crippen LogP) is 1.41. The molecule has 0 aliphatic carbocycles. The Balaban J connectivity index is 2.09. The van der Waals surface area contributed by atoms with E-state index in [9.17, 15) is 4.79 Å². The van der Waals surface area contributed by atoms with Crippen molar-refractivity contribution in [3.63, 3.8) is 0 Å². The monoisotopic (exact) mass is 248 g/mol. The van der Waals surface area contributed by atoms with Gasteiger partial charge in [0.1, 0.15) is 5.75 Å². The summed E-state index contributed by atoms with van der Waals surface area (Å²) in [6, 6.07) is 7.99. The Labute approximate surface area is 108 Å². The Morgan fingerprint density at radius 1 is 1.33 bits per heavy atom. The summed E-state index contributed by atoms with van der Waals surface area (Å²) in [7, 11) is 1.66. The highest BCUT2D eigenvalue weighted by Crippen LogP contribution is 2.21. The van der Waals surface area contributed by atoms with E-state index in [0.29, 0.717) is 0 Å². The second-order valence-corrected chi connectivity index (χ2v) is 5.08. The quantitative estimate of drug-likeness (QED) is 0.879. The number of benzene rings is 1. The molecule has 1 saturated heterocycles. The van der Waals surface area contributed by atoms with Gasteiger partial charge in [0, 0.05) is 19.6 Å². The van der Waals surface area contributed by atoms with Gasteiger partial charge in [0.05, 0.1) is 12.6 Å². The number of ether oxygens (including phenoxy) is 1. The molecule has 98 valence electrons. The first kappa shape index (κ1) is 12.9. The fourth-order valence-corrected chi connectivity index (χ4v) is 2.17. The Morgan fingerprint density at radius 2 is 2.00 bits per heavy atom. The number of rotatable bonds is 3. The van der Waals surface area contributed by atoms with Gasteiger partial charge in [-0.2, -0.15) is 0 Å². The molecule has 2 rings (SSSR count). The van der Waals surface area contributed by atoms with Gasteiger partial charge in [-0.25, -0.2) is 0 Å². The van der Waals surface area contributed by atoms with Crippen LogP contribution in [0.2, 0.25) is 0 Å². The Hall–Kier alpha value is -1.55. The van der Waals surface area contributed by atoms with Gasteiger partial charge in [-0.15, -0.1) is 0 Å². The molecule has 1 aromatic carbocycles. The number of amides is 1. The zero-order valence-electron chi connectivity index (χ0n) is 11.2. The lowest BCUT2D eigenvalue weighted by Gasteiger charge is -2.41. The highest BCUT2D eigenvalue weighted by atomic mass is 16.5. The van der Waals surface area contributed by atoms with Crippen molar-refractivity contribution in [3.8, 4) is 5.75 Å². The van der Waals surface area contributed by atoms with Crippen molar-refractivity contribution in [2.24, 2.45) is 0 Å². The number of methoxy groups -OCH3 is 1. The zero-order valence-corrected chi connectivity index (χ0v) is 11.2. The van der Waals surface area contributed by atoms with Crippen LogP contribution in [0.25, 0.3) is 0 Å². The van der Waals surface area contributed by atoms with E-state index in [2.05, 4.69) is 10.2 Å². The van der Waals surface area contributed by atoms with Crippen molar-refractivity contribution in [1.82, 2.24) is 10.2 Å². The molecule has 4 nitrogen and oxygen atoms in total. The minimum Gasteiger partial charge on any atom is -0.497 e. The van der Waals surface area contributed by atoms with Crippen molar-refractivity contribution in [2.75, 3.05) is 20.2 Å². The van der Waals surface area contributed by atoms with E-state index in [0.717, 1.165) is 25.4 Å². The fourth-order valence-electron chi connectivity index (χ4n) is 2.17. The van der Waals surface area contributed by atoms with Crippen LogP contribution >= 0.6 is 0 Å². The third-order valence-corrected chi connectivity index (χ3v) is 3.55. The molecule has 1 amide bonds. The average Bonchev–Trinajstić information content (AvgIpc) is 2.36. The molecule has 0 unspecified atom stereocenters. The molecule has 0 aromatic heterocycles. The molecule has 1 aromatic rings. The molecule has 0 spiro atoms. The van der Waals surface area contributed by atoms with Crippen LogP contribution < -0.4 is 10.1 Å². The highest BCUT2D eigenvalue weighted by molar-refractivity contribution is 5.86. The summed E-state index contributed by atoms with van der Waals surface area (Å²) < 4.78 is 5.14. The number of hydrogen-bond donors (Lipinski definition) is 1. The molecule has 1 aliphatic rings. The smallest absolute Gasteiger partial charge is 0.240 e. The lowest BCUT2D eigenvalue weighted by Crippen LogP contribution is -2.61. The molecule has 18 heavy (non-hydrogen) atoms. The van der Waals surface area contributed by atoms with E-state index < -0.39 is 5.54 Å². The number of carbonyl (C=O) groups excluding carboxylic acids is 1. The van der Waals surface area contributed by atoms with Crippen LogP contribution in [-0.2, 0) is 11.3 Å². The van der Waals surface area contributed by atoms with Gasteiger partial charge in [-0.05, 0) is 31.5 Å². The largest absolute Gasteiger partial charge is 0.497 e. The molecule has 1 aliphatic heterocycles. The molecule has 0 radical (unpaired) electrons. The molecular formula is C14H20N2O2. The summed E-state index contributed by atoms with van der Waals surface area (Å²) in [6.45, 7) is 6.31. The molecule has 0 atom stereocenters. The zero-order chi connectivity index (χ0) is 13.2. The minimum absolute atomic E-state index is 0.0993. The van der Waals surface area contributed by atoms with E-state index in [1.54, 1.807) is 7.11 Å². The molecule has 1 N–H and O–H groups in total. The van der Waals surface area contributed by atoms with Gasteiger partial charge in [-0.1, -0.05) is 12.1 Å². The molecule has 0 saturated carbocycles. The maximum atomic E-state index is 11.8. The Bertz CT molecular complexity index is 426. The first-order chi connectivity index (χ1) is 8.54. The minimum atomic E-state index is -0.446. The van der Waals surface area contributed by atoms with Gasteiger partial charge in [0.25, 0.3) is 0 Å². The second kappa shape index (κ2) is 4.98. The van der Waals surface area contributed by atoms with Crippen molar-refractivity contribution >= 4 is 5.91 Å². The summed E-state index contributed by atoms with van der Waals surface area (Å²) in [4.78, 5) is 14.0. The van der Waals surface area contributed by atoms with Gasteiger partial charge >= 0.3 is 0 Å². The van der Waals surface area contributed by atoms with Gasteiger partial charge < -0.3 is 10.1 Å². The highest BCUT2D eigenvalue weighted by Gasteiger charge is 2.37. The van der Waals surface area contributed by atoms with Crippen molar-refractivity contribution in [2.45, 2.75) is 25.9 Å². The first-order valence-corrected chi connectivity index (χ1v) is 6.20. The number of nitrogens with zero attached hydrogens (tertiary/aromatic N) is 1. The van der Waals surface area contributed by atoms with Crippen LogP contribution in [0.4, 0.5) is 0 Å². The molecule has 1 heterocycles. The molecule has 1 fully saturated rings. The van der Waals surface area contributed by atoms with E-state index in [-0.39, 0.29) is 5.91 Å². The SMILES string of the molecule is COc1ccc(CN2CCNC(=O)C2(C)C)cc1. The average molecular weight is 248 g/mol. The number of hydrogen-bond acceptors (Lipinski definition) is 3. The van der Waals surface area contributed by atoms with E-state index in [1.165, 1.54) is 5.56 Å². The van der Waals surface area contributed by atoms with Crippen molar-refractivity contribution in [3.05, 3.63) is 29.8 Å². The number of nitrogens with one attached hydrogen (secondary N) is 1. The number of carbonyl (C=O) groups is 1. The lowest BCUT2D eigenvalue weighted by atomic mass is 9.98. The standard InChI is InChI=1S/C14H20N2O2/c1-14(2)13(17)15-8-9-16(14)10-11-4-6-12(18-3)7-5-11/h4-7H,8-10H2,1-3H3,(H,15,17). The fraction of sp³-hybridized carbons (Fsp3) is 0.500. The number of piperazine rings is 1. The summed E-state index contributed by atoms with van der Waals surface area (Å²) >= 11 is 0. The van der Waals surface area contributed by atoms with Gasteiger partial charge in [-0.3, -0.25) is 9.69 Å². The topological polar surface area (TPSA) is 41.6 Å². The van der Waals surface area contributed by atoms with Crippen LogP contribution in [0.1, 0.15) is 19.4 Å². The summed E-state index contributed by atoms with van der Waals surface area (Å²) in [5.41, 5.74) is 0.747. The van der Waals surface area contributed by atoms with E-state index in [1.807, 2.05) is 38.1 Å². The molecular weight excluding hydrogens is 228 g/mol. The van der Waals surface area contributed by atoms with Crippen LogP contribution in [0.5, 0.6) is 5.75 Å². The second-order valence-electron chi connectivity index (χ2n) is 5.08. The van der Waals surface area contributed by atoms with E-state index >= 15 is 0 Å². The van der Waals surface area contributed by atoms with E-state index in [4.69, 9.17) is 4.74 Å². The third-order valence-electron chi connectivity index (χ3n) is 3.55. The van der Waals surface area contributed by atoms with Gasteiger partial charge in [0.2, 0.25) is 5.91 Å². The van der Waals surface area contributed by atoms with Crippen LogP contribution in [-0.4, -0.2) is 36.5 Å². The third kappa shape index (κ3) is 2.48. The Kier molecular flexibility index (Phi) is 3.57. The van der Waals surface area contributed by atoms with Crippen molar-refractivity contribution in [1.29, 1.82) is 0 Å². The molecule has 4 heteroatoms. The summed E-state index contributed by atoms with van der Waals surface area (Å²) in [5, 5.41) is 2.91. The van der Waals surface area contributed by atoms with Crippen LogP contribution in [0, 0.1) is 0 Å². The first-order valence-electron chi connectivity index (χ1n) is 6.20. The molecule has 0 bridgehead atoms. The van der Waals surface area contributed by atoms with Gasteiger partial charge in [0.15, 0.2) is 0 Å². The normalized spacial score (nSPS) is 19.4. The maximum absolute atomic E-state index is 11.8. The Morgan fingerprint density at radius 3 is 2.61 bits per heavy atom. The van der Waals surface area contributed by atoms with Crippen LogP contribution in [0.15, 0.2) is 24.3 Å². The predicted molar refractivity (Wildman–Crippen MR) is 70.5 cm³/mol. The lowest BCUT2D eigenvalue weighted by molar-refractivity contribution is -0.135. The van der Waals surface area contributed by atoms with Crippen LogP contribution in [0.3, 0.4) is 0 Å². The maximum Gasteiger partial charge on any atom is 0.240 e. The van der Waals surface area contributed by atoms with Crippen molar-refractivity contribution < 1.29 is 9.53 Å². The summed E-state index contributed by atoms with van der Waals surface area (Å²) in [5.74, 6) is 0.955. The summed E-state index contributed by atoms with van der Waals surface area (Å²) in [6.07, 6.45) is 0.